The minimum absolute atomic E-state index is 0.294. The molecule has 0 saturated heterocycles. The van der Waals surface area contributed by atoms with Gasteiger partial charge in [-0.3, -0.25) is 9.78 Å². The first-order chi connectivity index (χ1) is 7.78. The van der Waals surface area contributed by atoms with Gasteiger partial charge in [0.15, 0.2) is 6.29 Å². The fourth-order valence-electron chi connectivity index (χ4n) is 1.85. The van der Waals surface area contributed by atoms with Crippen LogP contribution in [0.1, 0.15) is 10.5 Å². The van der Waals surface area contributed by atoms with Crippen molar-refractivity contribution in [3.8, 4) is 0 Å². The van der Waals surface area contributed by atoms with Crippen LogP contribution >= 0.6 is 0 Å². The Balaban J connectivity index is 2.49. The first-order valence-corrected chi connectivity index (χ1v) is 4.80. The van der Waals surface area contributed by atoms with Gasteiger partial charge in [0.2, 0.25) is 0 Å². The van der Waals surface area contributed by atoms with Crippen LogP contribution in [0.5, 0.6) is 0 Å². The Labute approximate surface area is 89.9 Å². The van der Waals surface area contributed by atoms with E-state index in [9.17, 15) is 9.18 Å². The fourth-order valence-corrected chi connectivity index (χ4v) is 1.85. The topological polar surface area (TPSA) is 45.8 Å². The van der Waals surface area contributed by atoms with Gasteiger partial charge in [-0.25, -0.2) is 4.39 Å². The van der Waals surface area contributed by atoms with Crippen LogP contribution in [0.2, 0.25) is 0 Å². The molecule has 3 aromatic rings. The summed E-state index contributed by atoms with van der Waals surface area (Å²) in [6, 6.07) is 6.17. The van der Waals surface area contributed by atoms with Gasteiger partial charge in [-0.15, -0.1) is 0 Å². The van der Waals surface area contributed by atoms with Crippen molar-refractivity contribution in [2.75, 3.05) is 0 Å². The van der Waals surface area contributed by atoms with E-state index in [0.717, 1.165) is 21.8 Å². The van der Waals surface area contributed by atoms with Gasteiger partial charge in [0, 0.05) is 16.3 Å². The van der Waals surface area contributed by atoms with Crippen molar-refractivity contribution >= 4 is 28.1 Å². The number of H-pyrrole nitrogens is 1. The highest BCUT2D eigenvalue weighted by molar-refractivity contribution is 6.07. The fraction of sp³-hybridized carbons (Fsp3) is 0. The number of nitrogens with zero attached hydrogens (tertiary/aromatic N) is 1. The van der Waals surface area contributed by atoms with Crippen molar-refractivity contribution in [3.05, 3.63) is 42.0 Å². The van der Waals surface area contributed by atoms with E-state index in [1.165, 1.54) is 12.1 Å². The number of carbonyl (C=O) groups is 1. The number of hydrogen-bond donors (Lipinski definition) is 1. The summed E-state index contributed by atoms with van der Waals surface area (Å²) in [5, 5.41) is 1.58. The molecule has 0 atom stereocenters. The number of aromatic nitrogens is 2. The van der Waals surface area contributed by atoms with E-state index in [0.29, 0.717) is 12.0 Å². The van der Waals surface area contributed by atoms with Crippen LogP contribution in [-0.2, 0) is 0 Å². The van der Waals surface area contributed by atoms with E-state index in [2.05, 4.69) is 9.97 Å². The van der Waals surface area contributed by atoms with Gasteiger partial charge in [-0.1, -0.05) is 0 Å². The number of halogens is 1. The summed E-state index contributed by atoms with van der Waals surface area (Å²) in [6.45, 7) is 0. The molecule has 78 valence electrons. The van der Waals surface area contributed by atoms with Crippen LogP contribution in [0, 0.1) is 5.82 Å². The Bertz CT molecular complexity index is 703. The molecule has 1 aromatic carbocycles. The van der Waals surface area contributed by atoms with Gasteiger partial charge in [-0.05, 0) is 24.3 Å². The molecule has 0 aliphatic carbocycles. The summed E-state index contributed by atoms with van der Waals surface area (Å²) < 4.78 is 13.1. The Morgan fingerprint density at radius 3 is 2.81 bits per heavy atom. The number of fused-ring (bicyclic) bond motifs is 3. The van der Waals surface area contributed by atoms with Crippen molar-refractivity contribution < 1.29 is 9.18 Å². The minimum atomic E-state index is -0.294. The lowest BCUT2D eigenvalue weighted by Gasteiger charge is -1.92. The highest BCUT2D eigenvalue weighted by atomic mass is 19.1. The lowest BCUT2D eigenvalue weighted by atomic mass is 10.1. The minimum Gasteiger partial charge on any atom is -0.353 e. The molecule has 1 N–H and O–H groups in total. The molecule has 0 amide bonds. The van der Waals surface area contributed by atoms with E-state index in [-0.39, 0.29) is 5.82 Å². The number of rotatable bonds is 1. The standard InChI is InChI=1S/C12H7FN2O/c13-7-1-2-11-9(3-7)10-4-8(6-16)14-5-12(10)15-11/h1-6,15H. The number of carbonyl (C=O) groups excluding carboxylic acids is 1. The van der Waals surface area contributed by atoms with Crippen molar-refractivity contribution in [3.63, 3.8) is 0 Å². The summed E-state index contributed by atoms with van der Waals surface area (Å²) in [7, 11) is 0. The molecule has 0 unspecified atom stereocenters. The number of benzene rings is 1. The molecule has 0 spiro atoms. The van der Waals surface area contributed by atoms with E-state index in [4.69, 9.17) is 0 Å². The number of pyridine rings is 1. The average Bonchev–Trinajstić information content (AvgIpc) is 2.66. The molecule has 16 heavy (non-hydrogen) atoms. The first kappa shape index (κ1) is 9.03. The van der Waals surface area contributed by atoms with E-state index in [1.54, 1.807) is 18.3 Å². The zero-order valence-electron chi connectivity index (χ0n) is 8.20. The lowest BCUT2D eigenvalue weighted by Crippen LogP contribution is -1.84. The van der Waals surface area contributed by atoms with Crippen LogP contribution in [0.3, 0.4) is 0 Å². The molecule has 3 nitrogen and oxygen atoms in total. The molecule has 0 bridgehead atoms. The molecular formula is C12H7FN2O. The van der Waals surface area contributed by atoms with Gasteiger partial charge in [0.25, 0.3) is 0 Å². The normalized spacial score (nSPS) is 11.1. The summed E-state index contributed by atoms with van der Waals surface area (Å²) in [4.78, 5) is 17.7. The Kier molecular flexibility index (Phi) is 1.77. The highest BCUT2D eigenvalue weighted by Gasteiger charge is 2.06. The molecule has 2 heterocycles. The monoisotopic (exact) mass is 214 g/mol. The Morgan fingerprint density at radius 2 is 2.00 bits per heavy atom. The Hall–Kier alpha value is -2.23. The van der Waals surface area contributed by atoms with E-state index in [1.807, 2.05) is 0 Å². The second-order valence-electron chi connectivity index (χ2n) is 3.59. The summed E-state index contributed by atoms with van der Waals surface area (Å²) in [6.07, 6.45) is 2.26. The van der Waals surface area contributed by atoms with Crippen molar-refractivity contribution in [1.82, 2.24) is 9.97 Å². The largest absolute Gasteiger partial charge is 0.353 e. The van der Waals surface area contributed by atoms with Crippen LogP contribution in [0.4, 0.5) is 4.39 Å². The van der Waals surface area contributed by atoms with Crippen LogP contribution < -0.4 is 0 Å². The molecule has 0 saturated carbocycles. The van der Waals surface area contributed by atoms with Gasteiger partial charge < -0.3 is 4.98 Å². The van der Waals surface area contributed by atoms with Gasteiger partial charge in [0.05, 0.1) is 11.7 Å². The van der Waals surface area contributed by atoms with Gasteiger partial charge in [-0.2, -0.15) is 0 Å². The lowest BCUT2D eigenvalue weighted by molar-refractivity contribution is 0.111. The molecule has 0 fully saturated rings. The third-order valence-electron chi connectivity index (χ3n) is 2.59. The summed E-state index contributed by atoms with van der Waals surface area (Å²) in [5.41, 5.74) is 1.98. The second kappa shape index (κ2) is 3.13. The van der Waals surface area contributed by atoms with Crippen LogP contribution in [0.15, 0.2) is 30.5 Å². The number of hydrogen-bond acceptors (Lipinski definition) is 2. The zero-order chi connectivity index (χ0) is 11.1. The SMILES string of the molecule is O=Cc1cc2c(cn1)[nH]c1ccc(F)cc12. The first-order valence-electron chi connectivity index (χ1n) is 4.80. The predicted octanol–water partition coefficient (Wildman–Crippen LogP) is 2.67. The summed E-state index contributed by atoms with van der Waals surface area (Å²) in [5.74, 6) is -0.294. The van der Waals surface area contributed by atoms with Crippen LogP contribution in [0.25, 0.3) is 21.8 Å². The van der Waals surface area contributed by atoms with E-state index < -0.39 is 0 Å². The number of aldehydes is 1. The molecule has 0 radical (unpaired) electrons. The van der Waals surface area contributed by atoms with Gasteiger partial charge >= 0.3 is 0 Å². The Morgan fingerprint density at radius 1 is 1.19 bits per heavy atom. The maximum atomic E-state index is 13.1. The summed E-state index contributed by atoms with van der Waals surface area (Å²) >= 11 is 0. The van der Waals surface area contributed by atoms with Crippen molar-refractivity contribution in [2.24, 2.45) is 0 Å². The molecular weight excluding hydrogens is 207 g/mol. The molecule has 2 aromatic heterocycles. The quantitative estimate of drug-likeness (QED) is 0.633. The maximum absolute atomic E-state index is 13.1. The predicted molar refractivity (Wildman–Crippen MR) is 58.9 cm³/mol. The van der Waals surface area contributed by atoms with Crippen LogP contribution in [-0.4, -0.2) is 16.3 Å². The third-order valence-corrected chi connectivity index (χ3v) is 2.59. The average molecular weight is 214 g/mol. The van der Waals surface area contributed by atoms with Gasteiger partial charge in [0.1, 0.15) is 11.5 Å². The molecule has 0 aliphatic heterocycles. The third kappa shape index (κ3) is 1.20. The van der Waals surface area contributed by atoms with Crippen molar-refractivity contribution in [2.45, 2.75) is 0 Å². The number of nitrogens with one attached hydrogen (secondary N) is 1. The second-order valence-corrected chi connectivity index (χ2v) is 3.59. The molecule has 0 aliphatic rings. The molecule has 3 rings (SSSR count). The maximum Gasteiger partial charge on any atom is 0.168 e. The van der Waals surface area contributed by atoms with Crippen molar-refractivity contribution in [1.29, 1.82) is 0 Å². The smallest absolute Gasteiger partial charge is 0.168 e. The molecule has 4 heteroatoms. The zero-order valence-corrected chi connectivity index (χ0v) is 8.20. The van der Waals surface area contributed by atoms with E-state index >= 15 is 0 Å². The highest BCUT2D eigenvalue weighted by Crippen LogP contribution is 2.25. The number of aromatic amines is 1.